The molecule has 0 amide bonds. The van der Waals surface area contributed by atoms with Gasteiger partial charge in [0.15, 0.2) is 0 Å². The molecule has 0 spiro atoms. The van der Waals surface area contributed by atoms with Crippen molar-refractivity contribution >= 4 is 24.2 Å². The Labute approximate surface area is 116 Å². The highest BCUT2D eigenvalue weighted by Gasteiger charge is 2.14. The largest absolute Gasteiger partial charge is 0.496 e. The summed E-state index contributed by atoms with van der Waals surface area (Å²) in [6.07, 6.45) is 1.72. The fourth-order valence-corrected chi connectivity index (χ4v) is 1.98. The van der Waals surface area contributed by atoms with Gasteiger partial charge < -0.3 is 14.8 Å². The number of nitrogens with zero attached hydrogens (tertiary/aromatic N) is 2. The maximum Gasteiger partial charge on any atom is 0.488 e. The molecule has 19 heavy (non-hydrogen) atoms. The zero-order valence-corrected chi connectivity index (χ0v) is 11.4. The summed E-state index contributed by atoms with van der Waals surface area (Å²) in [6, 6.07) is 4.98. The van der Waals surface area contributed by atoms with Crippen LogP contribution in [0.5, 0.6) is 5.75 Å². The third-order valence-electron chi connectivity index (χ3n) is 2.82. The van der Waals surface area contributed by atoms with Crippen molar-refractivity contribution in [1.29, 1.82) is 0 Å². The predicted molar refractivity (Wildman–Crippen MR) is 73.9 cm³/mol. The Morgan fingerprint density at radius 1 is 1.42 bits per heavy atom. The van der Waals surface area contributed by atoms with Crippen molar-refractivity contribution in [3.8, 4) is 5.75 Å². The molecule has 2 rings (SSSR count). The SMILES string of the molecule is COc1ccc(B(O)O)cc1Cn1cc(Cl)c(C)n1. The lowest BCUT2D eigenvalue weighted by atomic mass is 9.79. The number of halogens is 1. The highest BCUT2D eigenvalue weighted by atomic mass is 35.5. The molecule has 0 saturated heterocycles. The summed E-state index contributed by atoms with van der Waals surface area (Å²) in [5.74, 6) is 0.661. The molecule has 0 bridgehead atoms. The van der Waals surface area contributed by atoms with E-state index in [2.05, 4.69) is 5.10 Å². The van der Waals surface area contributed by atoms with Gasteiger partial charge in [-0.25, -0.2) is 0 Å². The summed E-state index contributed by atoms with van der Waals surface area (Å²) in [5, 5.41) is 23.2. The van der Waals surface area contributed by atoms with Gasteiger partial charge in [0.1, 0.15) is 5.75 Å². The summed E-state index contributed by atoms with van der Waals surface area (Å²) >= 11 is 5.96. The molecule has 0 aliphatic heterocycles. The molecule has 0 saturated carbocycles. The van der Waals surface area contributed by atoms with Gasteiger partial charge in [0.2, 0.25) is 0 Å². The topological polar surface area (TPSA) is 67.5 Å². The van der Waals surface area contributed by atoms with Gasteiger partial charge in [0.25, 0.3) is 0 Å². The van der Waals surface area contributed by atoms with Crippen LogP contribution < -0.4 is 10.2 Å². The van der Waals surface area contributed by atoms with Gasteiger partial charge in [0.05, 0.1) is 24.4 Å². The molecule has 7 heteroatoms. The molecule has 0 aliphatic rings. The van der Waals surface area contributed by atoms with Gasteiger partial charge in [-0.2, -0.15) is 5.10 Å². The third-order valence-corrected chi connectivity index (χ3v) is 3.19. The first kappa shape index (κ1) is 13.9. The fraction of sp³-hybridized carbons (Fsp3) is 0.250. The maximum absolute atomic E-state index is 9.20. The number of methoxy groups -OCH3 is 1. The van der Waals surface area contributed by atoms with Gasteiger partial charge in [0, 0.05) is 11.8 Å². The molecule has 1 aromatic carbocycles. The zero-order valence-electron chi connectivity index (χ0n) is 10.7. The fourth-order valence-electron chi connectivity index (χ4n) is 1.83. The molecule has 0 radical (unpaired) electrons. The van der Waals surface area contributed by atoms with Gasteiger partial charge >= 0.3 is 7.12 Å². The van der Waals surface area contributed by atoms with Crippen LogP contribution in [-0.2, 0) is 6.54 Å². The van der Waals surface area contributed by atoms with Crippen LogP contribution in [0.25, 0.3) is 0 Å². The average molecular weight is 281 g/mol. The second-order valence-corrected chi connectivity index (χ2v) is 4.61. The van der Waals surface area contributed by atoms with E-state index in [4.69, 9.17) is 16.3 Å². The van der Waals surface area contributed by atoms with Crippen molar-refractivity contribution in [2.75, 3.05) is 7.11 Å². The molecular weight excluding hydrogens is 266 g/mol. The average Bonchev–Trinajstić information content (AvgIpc) is 2.68. The Bertz CT molecular complexity index is 567. The predicted octanol–water partition coefficient (Wildman–Crippen LogP) is 0.582. The van der Waals surface area contributed by atoms with Gasteiger partial charge in [-0.15, -0.1) is 0 Å². The van der Waals surface area contributed by atoms with Crippen LogP contribution in [0, 0.1) is 6.92 Å². The molecule has 2 aromatic rings. The van der Waals surface area contributed by atoms with Crippen molar-refractivity contribution in [3.63, 3.8) is 0 Å². The Morgan fingerprint density at radius 3 is 2.68 bits per heavy atom. The molecule has 0 fully saturated rings. The molecule has 1 heterocycles. The van der Waals surface area contributed by atoms with Crippen molar-refractivity contribution in [2.24, 2.45) is 0 Å². The van der Waals surface area contributed by atoms with Gasteiger partial charge in [-0.05, 0) is 18.5 Å². The Hall–Kier alpha value is -1.50. The van der Waals surface area contributed by atoms with E-state index in [1.54, 1.807) is 36.2 Å². The summed E-state index contributed by atoms with van der Waals surface area (Å²) < 4.78 is 6.94. The molecule has 5 nitrogen and oxygen atoms in total. The van der Waals surface area contributed by atoms with E-state index >= 15 is 0 Å². The highest BCUT2D eigenvalue weighted by molar-refractivity contribution is 6.58. The first-order valence-corrected chi connectivity index (χ1v) is 6.11. The Morgan fingerprint density at radius 2 is 2.16 bits per heavy atom. The third kappa shape index (κ3) is 3.09. The summed E-state index contributed by atoms with van der Waals surface area (Å²) in [5.41, 5.74) is 1.96. The van der Waals surface area contributed by atoms with Gasteiger partial charge in [-0.1, -0.05) is 23.7 Å². The molecule has 1 aromatic heterocycles. The first-order valence-electron chi connectivity index (χ1n) is 5.73. The standard InChI is InChI=1S/C12H14BClN2O3/c1-8-11(14)7-16(15-8)6-9-5-10(13(17)18)3-4-12(9)19-2/h3-5,7,17-18H,6H2,1-2H3. The maximum atomic E-state index is 9.20. The quantitative estimate of drug-likeness (QED) is 0.804. The van der Waals surface area contributed by atoms with E-state index < -0.39 is 7.12 Å². The number of rotatable bonds is 4. The monoisotopic (exact) mass is 280 g/mol. The molecule has 100 valence electrons. The number of benzene rings is 1. The first-order chi connectivity index (χ1) is 9.01. The highest BCUT2D eigenvalue weighted by Crippen LogP contribution is 2.19. The van der Waals surface area contributed by atoms with E-state index in [0.717, 1.165) is 11.3 Å². The minimum Gasteiger partial charge on any atom is -0.496 e. The number of aromatic nitrogens is 2. The summed E-state index contributed by atoms with van der Waals surface area (Å²) in [7, 11) is 0.0578. The Kier molecular flexibility index (Phi) is 4.14. The second-order valence-electron chi connectivity index (χ2n) is 4.20. The zero-order chi connectivity index (χ0) is 14.0. The van der Waals surface area contributed by atoms with Crippen LogP contribution in [0.15, 0.2) is 24.4 Å². The number of ether oxygens (including phenoxy) is 1. The summed E-state index contributed by atoms with van der Waals surface area (Å²) in [6.45, 7) is 2.27. The van der Waals surface area contributed by atoms with Crippen molar-refractivity contribution < 1.29 is 14.8 Å². The minimum atomic E-state index is -1.51. The van der Waals surface area contributed by atoms with Crippen LogP contribution in [0.3, 0.4) is 0 Å². The van der Waals surface area contributed by atoms with Crippen LogP contribution in [0.1, 0.15) is 11.3 Å². The molecule has 0 aliphatic carbocycles. The molecule has 2 N–H and O–H groups in total. The van der Waals surface area contributed by atoms with Crippen LogP contribution >= 0.6 is 11.6 Å². The lowest BCUT2D eigenvalue weighted by Crippen LogP contribution is -2.30. The van der Waals surface area contributed by atoms with Crippen molar-refractivity contribution in [2.45, 2.75) is 13.5 Å². The minimum absolute atomic E-state index is 0.408. The normalized spacial score (nSPS) is 10.6. The van der Waals surface area contributed by atoms with E-state index in [1.807, 2.05) is 6.92 Å². The lowest BCUT2D eigenvalue weighted by molar-refractivity contribution is 0.406. The van der Waals surface area contributed by atoms with Crippen LogP contribution in [0.2, 0.25) is 5.02 Å². The van der Waals surface area contributed by atoms with Crippen LogP contribution in [-0.4, -0.2) is 34.1 Å². The Balaban J connectivity index is 2.34. The van der Waals surface area contributed by atoms with Crippen LogP contribution in [0.4, 0.5) is 0 Å². The second kappa shape index (κ2) is 5.65. The van der Waals surface area contributed by atoms with E-state index in [0.29, 0.717) is 22.8 Å². The van der Waals surface area contributed by atoms with E-state index in [9.17, 15) is 10.0 Å². The van der Waals surface area contributed by atoms with Gasteiger partial charge in [-0.3, -0.25) is 4.68 Å². The van der Waals surface area contributed by atoms with E-state index in [-0.39, 0.29) is 0 Å². The molecular formula is C12H14BClN2O3. The van der Waals surface area contributed by atoms with E-state index in [1.165, 1.54) is 0 Å². The van der Waals surface area contributed by atoms with Crippen molar-refractivity contribution in [3.05, 3.63) is 40.7 Å². The summed E-state index contributed by atoms with van der Waals surface area (Å²) in [4.78, 5) is 0. The lowest BCUT2D eigenvalue weighted by Gasteiger charge is -2.10. The number of aryl methyl sites for hydroxylation is 1. The number of hydrogen-bond donors (Lipinski definition) is 2. The molecule has 0 atom stereocenters. The smallest absolute Gasteiger partial charge is 0.488 e. The number of hydrogen-bond acceptors (Lipinski definition) is 4. The molecule has 0 unspecified atom stereocenters. The van der Waals surface area contributed by atoms with Crippen molar-refractivity contribution in [1.82, 2.24) is 9.78 Å².